The molecule has 1 heterocycles. The van der Waals surface area contributed by atoms with Crippen molar-refractivity contribution in [1.29, 1.82) is 0 Å². The van der Waals surface area contributed by atoms with E-state index in [0.29, 0.717) is 11.3 Å². The van der Waals surface area contributed by atoms with Crippen LogP contribution in [0.2, 0.25) is 0 Å². The summed E-state index contributed by atoms with van der Waals surface area (Å²) in [5.74, 6) is 0.609. The summed E-state index contributed by atoms with van der Waals surface area (Å²) in [6.07, 6.45) is 9.28. The summed E-state index contributed by atoms with van der Waals surface area (Å²) >= 11 is 9.84. The summed E-state index contributed by atoms with van der Waals surface area (Å²) < 4.78 is 1.04. The Labute approximate surface area is 111 Å². The highest BCUT2D eigenvalue weighted by molar-refractivity contribution is 9.10. The molecule has 0 aromatic carbocycles. The highest BCUT2D eigenvalue weighted by atomic mass is 79.9. The molecule has 16 heavy (non-hydrogen) atoms. The lowest BCUT2D eigenvalue weighted by Crippen LogP contribution is -2.16. The van der Waals surface area contributed by atoms with E-state index < -0.39 is 0 Å². The molecule has 0 radical (unpaired) electrons. The van der Waals surface area contributed by atoms with Crippen molar-refractivity contribution >= 4 is 27.5 Å². The van der Waals surface area contributed by atoms with Crippen LogP contribution in [-0.4, -0.2) is 10.4 Å². The first-order valence-electron chi connectivity index (χ1n) is 6.00. The van der Waals surface area contributed by atoms with Crippen LogP contribution in [0.3, 0.4) is 0 Å². The van der Waals surface area contributed by atoms with Crippen molar-refractivity contribution in [2.24, 2.45) is 5.92 Å². The lowest BCUT2D eigenvalue weighted by atomic mass is 9.94. The summed E-state index contributed by atoms with van der Waals surface area (Å²) in [5.41, 5.74) is 1.17. The molecule has 88 valence electrons. The molecule has 0 spiro atoms. The van der Waals surface area contributed by atoms with Crippen molar-refractivity contribution in [1.82, 2.24) is 4.98 Å². The predicted molar refractivity (Wildman–Crippen MR) is 71.9 cm³/mol. The molecular formula is C13H17BrClN. The molecular weight excluding hydrogens is 286 g/mol. The molecule has 0 bridgehead atoms. The number of rotatable bonds is 2. The van der Waals surface area contributed by atoms with Crippen LogP contribution in [0.25, 0.3) is 0 Å². The first-order valence-corrected chi connectivity index (χ1v) is 7.23. The fourth-order valence-electron chi connectivity index (χ4n) is 2.36. The van der Waals surface area contributed by atoms with Gasteiger partial charge < -0.3 is 0 Å². The smallest absolute Gasteiger partial charge is 0.0413 e. The number of pyridine rings is 1. The molecule has 0 amide bonds. The largest absolute Gasteiger partial charge is 0.260 e. The Bertz CT molecular complexity index is 325. The molecule has 2 rings (SSSR count). The van der Waals surface area contributed by atoms with Gasteiger partial charge in [0.1, 0.15) is 0 Å². The van der Waals surface area contributed by atoms with Crippen LogP contribution in [0.15, 0.2) is 22.8 Å². The Balaban J connectivity index is 1.99. The first-order chi connectivity index (χ1) is 7.75. The minimum atomic E-state index is 0.341. The summed E-state index contributed by atoms with van der Waals surface area (Å²) in [7, 11) is 0. The van der Waals surface area contributed by atoms with Gasteiger partial charge in [-0.25, -0.2) is 0 Å². The topological polar surface area (TPSA) is 12.9 Å². The van der Waals surface area contributed by atoms with E-state index in [1.807, 2.05) is 6.20 Å². The molecule has 1 saturated carbocycles. The Kier molecular flexibility index (Phi) is 4.66. The van der Waals surface area contributed by atoms with E-state index in [1.165, 1.54) is 37.8 Å². The molecule has 0 N–H and O–H groups in total. The van der Waals surface area contributed by atoms with Crippen molar-refractivity contribution in [2.45, 2.75) is 43.9 Å². The molecule has 1 aromatic rings. The first kappa shape index (κ1) is 12.4. The van der Waals surface area contributed by atoms with Gasteiger partial charge in [0.05, 0.1) is 0 Å². The second kappa shape index (κ2) is 6.02. The highest BCUT2D eigenvalue weighted by Gasteiger charge is 2.22. The zero-order chi connectivity index (χ0) is 11.4. The number of hydrogen-bond acceptors (Lipinski definition) is 1. The Morgan fingerprint density at radius 1 is 1.25 bits per heavy atom. The SMILES string of the molecule is ClC1CCCCCC1Cc1ccc(Br)cn1. The summed E-state index contributed by atoms with van der Waals surface area (Å²) in [4.78, 5) is 4.43. The van der Waals surface area contributed by atoms with Gasteiger partial charge in [-0.1, -0.05) is 19.3 Å². The van der Waals surface area contributed by atoms with E-state index in [2.05, 4.69) is 33.0 Å². The second-order valence-corrected chi connectivity index (χ2v) is 6.06. The van der Waals surface area contributed by atoms with Crippen molar-refractivity contribution in [3.63, 3.8) is 0 Å². The van der Waals surface area contributed by atoms with Gasteiger partial charge >= 0.3 is 0 Å². The number of hydrogen-bond donors (Lipinski definition) is 0. The third-order valence-electron chi connectivity index (χ3n) is 3.33. The second-order valence-electron chi connectivity index (χ2n) is 4.59. The average molecular weight is 303 g/mol. The van der Waals surface area contributed by atoms with Crippen LogP contribution >= 0.6 is 27.5 Å². The fraction of sp³-hybridized carbons (Fsp3) is 0.615. The van der Waals surface area contributed by atoms with E-state index >= 15 is 0 Å². The van der Waals surface area contributed by atoms with Gasteiger partial charge in [-0.2, -0.15) is 0 Å². The minimum Gasteiger partial charge on any atom is -0.260 e. The molecule has 0 saturated heterocycles. The lowest BCUT2D eigenvalue weighted by Gasteiger charge is -2.18. The van der Waals surface area contributed by atoms with Crippen LogP contribution in [0.1, 0.15) is 37.8 Å². The van der Waals surface area contributed by atoms with Crippen LogP contribution in [0.4, 0.5) is 0 Å². The Hall–Kier alpha value is -0.0800. The maximum atomic E-state index is 6.43. The fourth-order valence-corrected chi connectivity index (χ4v) is 2.97. The Morgan fingerprint density at radius 2 is 2.06 bits per heavy atom. The maximum absolute atomic E-state index is 6.43. The van der Waals surface area contributed by atoms with Crippen LogP contribution < -0.4 is 0 Å². The van der Waals surface area contributed by atoms with Gasteiger partial charge in [-0.05, 0) is 53.2 Å². The molecule has 1 aliphatic carbocycles. The zero-order valence-electron chi connectivity index (χ0n) is 9.33. The zero-order valence-corrected chi connectivity index (χ0v) is 11.7. The van der Waals surface area contributed by atoms with Gasteiger partial charge in [0.15, 0.2) is 0 Å². The number of nitrogens with zero attached hydrogens (tertiary/aromatic N) is 1. The molecule has 1 fully saturated rings. The summed E-state index contributed by atoms with van der Waals surface area (Å²) in [6.45, 7) is 0. The maximum Gasteiger partial charge on any atom is 0.0413 e. The van der Waals surface area contributed by atoms with Crippen molar-refractivity contribution in [3.05, 3.63) is 28.5 Å². The summed E-state index contributed by atoms with van der Waals surface area (Å²) in [6, 6.07) is 4.15. The molecule has 0 aliphatic heterocycles. The van der Waals surface area contributed by atoms with Gasteiger partial charge in [-0.3, -0.25) is 4.98 Å². The monoisotopic (exact) mass is 301 g/mol. The Morgan fingerprint density at radius 3 is 2.81 bits per heavy atom. The highest BCUT2D eigenvalue weighted by Crippen LogP contribution is 2.29. The average Bonchev–Trinajstić information content (AvgIpc) is 2.48. The van der Waals surface area contributed by atoms with Crippen molar-refractivity contribution in [3.8, 4) is 0 Å². The number of aromatic nitrogens is 1. The third-order valence-corrected chi connectivity index (χ3v) is 4.37. The van der Waals surface area contributed by atoms with E-state index in [9.17, 15) is 0 Å². The lowest BCUT2D eigenvalue weighted by molar-refractivity contribution is 0.460. The van der Waals surface area contributed by atoms with Gasteiger partial charge in [0.2, 0.25) is 0 Å². The van der Waals surface area contributed by atoms with E-state index in [1.54, 1.807) is 0 Å². The molecule has 3 heteroatoms. The minimum absolute atomic E-state index is 0.341. The summed E-state index contributed by atoms with van der Waals surface area (Å²) in [5, 5.41) is 0.341. The number of halogens is 2. The van der Waals surface area contributed by atoms with Crippen molar-refractivity contribution < 1.29 is 0 Å². The molecule has 1 aromatic heterocycles. The van der Waals surface area contributed by atoms with Gasteiger partial charge in [0, 0.05) is 21.7 Å². The third kappa shape index (κ3) is 3.46. The van der Waals surface area contributed by atoms with Crippen LogP contribution in [0, 0.1) is 5.92 Å². The van der Waals surface area contributed by atoms with Gasteiger partial charge in [0.25, 0.3) is 0 Å². The molecule has 1 aliphatic rings. The standard InChI is InChI=1S/C13H17BrClN/c14-11-6-7-12(16-9-11)8-10-4-2-1-3-5-13(10)15/h6-7,9-10,13H,1-5,8H2. The van der Waals surface area contributed by atoms with Crippen molar-refractivity contribution in [2.75, 3.05) is 0 Å². The van der Waals surface area contributed by atoms with E-state index in [-0.39, 0.29) is 0 Å². The molecule has 1 nitrogen and oxygen atoms in total. The van der Waals surface area contributed by atoms with E-state index in [0.717, 1.165) is 10.9 Å². The quantitative estimate of drug-likeness (QED) is 0.576. The van der Waals surface area contributed by atoms with E-state index in [4.69, 9.17) is 11.6 Å². The van der Waals surface area contributed by atoms with Gasteiger partial charge in [-0.15, -0.1) is 11.6 Å². The molecule has 2 atom stereocenters. The predicted octanol–water partition coefficient (Wildman–Crippen LogP) is 4.57. The van der Waals surface area contributed by atoms with Crippen LogP contribution in [-0.2, 0) is 6.42 Å². The molecule has 2 unspecified atom stereocenters. The number of alkyl halides is 1. The normalized spacial score (nSPS) is 26.4. The van der Waals surface area contributed by atoms with Crippen LogP contribution in [0.5, 0.6) is 0 Å².